The van der Waals surface area contributed by atoms with Crippen LogP contribution in [-0.4, -0.2) is 36.0 Å². The average molecular weight is 227 g/mol. The molecule has 0 spiro atoms. The highest BCUT2D eigenvalue weighted by Crippen LogP contribution is 2.21. The van der Waals surface area contributed by atoms with Gasteiger partial charge in [-0.25, -0.2) is 0 Å². The molecule has 1 aliphatic heterocycles. The van der Waals surface area contributed by atoms with Crippen LogP contribution in [0.1, 0.15) is 33.6 Å². The third kappa shape index (κ3) is 3.76. The summed E-state index contributed by atoms with van der Waals surface area (Å²) in [6, 6.07) is 0. The number of nitrogens with zero attached hydrogens (tertiary/aromatic N) is 1. The van der Waals surface area contributed by atoms with Gasteiger partial charge in [-0.3, -0.25) is 4.79 Å². The zero-order valence-electron chi connectivity index (χ0n) is 10.7. The van der Waals surface area contributed by atoms with Crippen molar-refractivity contribution in [3.63, 3.8) is 0 Å². The normalized spacial score (nSPS) is 31.0. The van der Waals surface area contributed by atoms with Gasteiger partial charge < -0.3 is 16.4 Å². The van der Waals surface area contributed by atoms with E-state index in [1.807, 2.05) is 0 Å². The van der Waals surface area contributed by atoms with E-state index in [1.54, 1.807) is 6.92 Å². The van der Waals surface area contributed by atoms with Crippen molar-refractivity contribution in [2.75, 3.05) is 19.6 Å². The van der Waals surface area contributed by atoms with Gasteiger partial charge in [-0.2, -0.15) is 0 Å². The molecule has 0 aromatic heterocycles. The first-order valence-corrected chi connectivity index (χ1v) is 6.12. The second kappa shape index (κ2) is 5.15. The van der Waals surface area contributed by atoms with Crippen LogP contribution in [0.2, 0.25) is 0 Å². The first-order valence-electron chi connectivity index (χ1n) is 6.12. The molecule has 1 heterocycles. The summed E-state index contributed by atoms with van der Waals surface area (Å²) in [5.41, 5.74) is 10.2. The molecule has 1 amide bonds. The number of rotatable bonds is 4. The minimum Gasteiger partial charge on any atom is -0.368 e. The average Bonchev–Trinajstić information content (AvgIpc) is 2.13. The molecule has 0 aromatic rings. The fourth-order valence-corrected chi connectivity index (χ4v) is 2.49. The highest BCUT2D eigenvalue weighted by atomic mass is 16.1. The zero-order valence-corrected chi connectivity index (χ0v) is 10.7. The van der Waals surface area contributed by atoms with Crippen molar-refractivity contribution in [3.05, 3.63) is 0 Å². The summed E-state index contributed by atoms with van der Waals surface area (Å²) in [6.45, 7) is 9.35. The molecule has 1 saturated heterocycles. The molecule has 3 atom stereocenters. The number of piperidine rings is 1. The Bertz CT molecular complexity index is 243. The van der Waals surface area contributed by atoms with Gasteiger partial charge in [0.15, 0.2) is 0 Å². The number of carbonyl (C=O) groups excluding carboxylic acids is 1. The Morgan fingerprint density at radius 3 is 2.31 bits per heavy atom. The Morgan fingerprint density at radius 1 is 1.38 bits per heavy atom. The largest absolute Gasteiger partial charge is 0.368 e. The summed E-state index contributed by atoms with van der Waals surface area (Å²) in [4.78, 5) is 13.5. The fourth-order valence-electron chi connectivity index (χ4n) is 2.49. The summed E-state index contributed by atoms with van der Waals surface area (Å²) in [5, 5.41) is 0. The Labute approximate surface area is 98.3 Å². The van der Waals surface area contributed by atoms with Crippen LogP contribution in [0.4, 0.5) is 0 Å². The van der Waals surface area contributed by atoms with Gasteiger partial charge in [0.05, 0.1) is 5.54 Å². The zero-order chi connectivity index (χ0) is 12.3. The summed E-state index contributed by atoms with van der Waals surface area (Å²) < 4.78 is 0. The van der Waals surface area contributed by atoms with E-state index in [-0.39, 0.29) is 0 Å². The number of likely N-dealkylation sites (tertiary alicyclic amines) is 1. The van der Waals surface area contributed by atoms with Gasteiger partial charge in [0.2, 0.25) is 5.91 Å². The Balaban J connectivity index is 2.40. The molecule has 0 radical (unpaired) electrons. The number of hydrogen-bond donors (Lipinski definition) is 2. The molecular formula is C12H25N3O. The monoisotopic (exact) mass is 227 g/mol. The van der Waals surface area contributed by atoms with E-state index in [1.165, 1.54) is 6.42 Å². The van der Waals surface area contributed by atoms with Crippen molar-refractivity contribution < 1.29 is 4.79 Å². The molecule has 4 N–H and O–H groups in total. The van der Waals surface area contributed by atoms with Crippen LogP contribution in [-0.2, 0) is 4.79 Å². The third-order valence-electron chi connectivity index (χ3n) is 3.45. The van der Waals surface area contributed by atoms with Gasteiger partial charge in [-0.15, -0.1) is 0 Å². The third-order valence-corrected chi connectivity index (χ3v) is 3.45. The molecule has 94 valence electrons. The summed E-state index contributed by atoms with van der Waals surface area (Å²) in [6.07, 6.45) is 1.94. The second-order valence-electron chi connectivity index (χ2n) is 5.74. The maximum atomic E-state index is 11.1. The van der Waals surface area contributed by atoms with E-state index in [0.717, 1.165) is 31.5 Å². The number of carbonyl (C=O) groups is 1. The molecule has 4 nitrogen and oxygen atoms in total. The van der Waals surface area contributed by atoms with Crippen LogP contribution in [0.3, 0.4) is 0 Å². The minimum absolute atomic E-state index is 0.411. The molecule has 3 unspecified atom stereocenters. The van der Waals surface area contributed by atoms with Crippen molar-refractivity contribution in [1.82, 2.24) is 4.90 Å². The lowest BCUT2D eigenvalue weighted by Gasteiger charge is -2.36. The number of primary amides is 1. The highest BCUT2D eigenvalue weighted by molar-refractivity contribution is 5.83. The quantitative estimate of drug-likeness (QED) is 0.737. The van der Waals surface area contributed by atoms with Crippen LogP contribution in [0.5, 0.6) is 0 Å². The molecule has 1 aliphatic rings. The lowest BCUT2D eigenvalue weighted by Crippen LogP contribution is -2.52. The van der Waals surface area contributed by atoms with E-state index in [2.05, 4.69) is 18.7 Å². The smallest absolute Gasteiger partial charge is 0.237 e. The van der Waals surface area contributed by atoms with Crippen LogP contribution in [0.15, 0.2) is 0 Å². The van der Waals surface area contributed by atoms with Gasteiger partial charge >= 0.3 is 0 Å². The van der Waals surface area contributed by atoms with Crippen molar-refractivity contribution >= 4 is 5.91 Å². The van der Waals surface area contributed by atoms with Gasteiger partial charge in [-0.1, -0.05) is 13.8 Å². The maximum absolute atomic E-state index is 11.1. The van der Waals surface area contributed by atoms with Crippen molar-refractivity contribution in [2.45, 2.75) is 39.2 Å². The highest BCUT2D eigenvalue weighted by Gasteiger charge is 2.28. The SMILES string of the molecule is CC1CC(C)CN(CCC(C)(N)C(N)=O)C1. The van der Waals surface area contributed by atoms with E-state index in [0.29, 0.717) is 6.42 Å². The molecular weight excluding hydrogens is 202 g/mol. The van der Waals surface area contributed by atoms with Gasteiger partial charge in [0, 0.05) is 19.6 Å². The molecule has 0 aromatic carbocycles. The van der Waals surface area contributed by atoms with Gasteiger partial charge in [-0.05, 0) is 31.6 Å². The number of hydrogen-bond acceptors (Lipinski definition) is 3. The fraction of sp³-hybridized carbons (Fsp3) is 0.917. The van der Waals surface area contributed by atoms with Crippen LogP contribution in [0.25, 0.3) is 0 Å². The summed E-state index contributed by atoms with van der Waals surface area (Å²) in [7, 11) is 0. The van der Waals surface area contributed by atoms with Crippen molar-refractivity contribution in [1.29, 1.82) is 0 Å². The van der Waals surface area contributed by atoms with E-state index >= 15 is 0 Å². The molecule has 4 heteroatoms. The van der Waals surface area contributed by atoms with E-state index in [4.69, 9.17) is 11.5 Å². The number of amides is 1. The summed E-state index contributed by atoms with van der Waals surface area (Å²) in [5.74, 6) is 1.06. The lowest BCUT2D eigenvalue weighted by atomic mass is 9.90. The molecule has 16 heavy (non-hydrogen) atoms. The second-order valence-corrected chi connectivity index (χ2v) is 5.74. The van der Waals surface area contributed by atoms with Crippen LogP contribution < -0.4 is 11.5 Å². The predicted octanol–water partition coefficient (Wildman–Crippen LogP) is 0.557. The Kier molecular flexibility index (Phi) is 4.33. The minimum atomic E-state index is -0.871. The Hall–Kier alpha value is -0.610. The standard InChI is InChI=1S/C12H25N3O/c1-9-6-10(2)8-15(7-9)5-4-12(3,14)11(13)16/h9-10H,4-8,14H2,1-3H3,(H2,13,16). The van der Waals surface area contributed by atoms with Crippen molar-refractivity contribution in [2.24, 2.45) is 23.3 Å². The topological polar surface area (TPSA) is 72.3 Å². The molecule has 0 aliphatic carbocycles. The first-order chi connectivity index (χ1) is 7.31. The van der Waals surface area contributed by atoms with E-state index in [9.17, 15) is 4.79 Å². The molecule has 1 fully saturated rings. The van der Waals surface area contributed by atoms with E-state index < -0.39 is 11.4 Å². The molecule has 1 rings (SSSR count). The van der Waals surface area contributed by atoms with Gasteiger partial charge in [0.25, 0.3) is 0 Å². The Morgan fingerprint density at radius 2 is 1.88 bits per heavy atom. The summed E-state index contributed by atoms with van der Waals surface area (Å²) >= 11 is 0. The van der Waals surface area contributed by atoms with Gasteiger partial charge in [0.1, 0.15) is 0 Å². The molecule has 0 bridgehead atoms. The van der Waals surface area contributed by atoms with Crippen LogP contribution >= 0.6 is 0 Å². The maximum Gasteiger partial charge on any atom is 0.237 e. The van der Waals surface area contributed by atoms with Crippen LogP contribution in [0, 0.1) is 11.8 Å². The van der Waals surface area contributed by atoms with Crippen molar-refractivity contribution in [3.8, 4) is 0 Å². The molecule has 0 saturated carbocycles. The lowest BCUT2D eigenvalue weighted by molar-refractivity contribution is -0.122. The first kappa shape index (κ1) is 13.5. The number of nitrogens with two attached hydrogens (primary N) is 2. The predicted molar refractivity (Wildman–Crippen MR) is 65.8 cm³/mol.